The van der Waals surface area contributed by atoms with Crippen molar-refractivity contribution in [1.29, 1.82) is 5.41 Å². The van der Waals surface area contributed by atoms with Gasteiger partial charge in [0, 0.05) is 12.1 Å². The Morgan fingerprint density at radius 2 is 1.17 bits per heavy atom. The summed E-state index contributed by atoms with van der Waals surface area (Å²) in [6.07, 6.45) is 20.3. The van der Waals surface area contributed by atoms with Gasteiger partial charge in [-0.3, -0.25) is 15.5 Å². The Morgan fingerprint density at radius 1 is 0.724 bits per heavy atom. The van der Waals surface area contributed by atoms with Gasteiger partial charge in [-0.15, -0.1) is 0 Å². The number of para-hydroxylation sites is 1. The van der Waals surface area contributed by atoms with Gasteiger partial charge in [0.15, 0.2) is 5.96 Å². The van der Waals surface area contributed by atoms with Crippen molar-refractivity contribution >= 4 is 17.6 Å². The summed E-state index contributed by atoms with van der Waals surface area (Å²) >= 11 is 0. The van der Waals surface area contributed by atoms with Crippen molar-refractivity contribution in [3.05, 3.63) is 30.3 Å². The van der Waals surface area contributed by atoms with Crippen LogP contribution in [0.3, 0.4) is 0 Å². The average Bonchev–Trinajstić information content (AvgIpc) is 2.71. The molecule has 0 bridgehead atoms. The minimum Gasteiger partial charge on any atom is -0.326 e. The minimum absolute atomic E-state index is 0.0437. The molecule has 0 unspecified atom stereocenters. The van der Waals surface area contributed by atoms with Crippen LogP contribution in [-0.4, -0.2) is 11.9 Å². The number of unbranched alkanes of at least 4 members (excludes halogenated alkanes) is 14. The Balaban J connectivity index is 1.83. The third-order valence-electron chi connectivity index (χ3n) is 5.31. The van der Waals surface area contributed by atoms with Gasteiger partial charge in [0.1, 0.15) is 0 Å². The molecule has 4 heteroatoms. The Hall–Kier alpha value is -1.84. The molecule has 0 aliphatic carbocycles. The molecule has 0 aliphatic heterocycles. The lowest BCUT2D eigenvalue weighted by atomic mass is 10.0. The first-order valence-corrected chi connectivity index (χ1v) is 11.9. The fourth-order valence-corrected chi connectivity index (χ4v) is 3.56. The van der Waals surface area contributed by atoms with Crippen LogP contribution in [0.5, 0.6) is 0 Å². The van der Waals surface area contributed by atoms with Crippen LogP contribution in [0.1, 0.15) is 110 Å². The zero-order chi connectivity index (χ0) is 21.0. The molecule has 0 fully saturated rings. The standard InChI is InChI=1S/C25H43N3O/c1-2-3-4-5-6-7-8-9-10-11-12-13-14-15-19-22-24(29)28-25(26)27-23-20-17-16-18-21-23/h16-18,20-21H,2-15,19,22H2,1H3,(H3,26,27,28,29). The van der Waals surface area contributed by atoms with E-state index in [0.29, 0.717) is 6.42 Å². The number of hydrogen-bond acceptors (Lipinski definition) is 2. The summed E-state index contributed by atoms with van der Waals surface area (Å²) in [6.45, 7) is 2.27. The van der Waals surface area contributed by atoms with E-state index in [9.17, 15) is 4.79 Å². The summed E-state index contributed by atoms with van der Waals surface area (Å²) in [4.78, 5) is 11.9. The monoisotopic (exact) mass is 401 g/mol. The fraction of sp³-hybridized carbons (Fsp3) is 0.680. The Bertz CT molecular complexity index is 530. The van der Waals surface area contributed by atoms with Gasteiger partial charge in [-0.2, -0.15) is 0 Å². The number of nitrogens with one attached hydrogen (secondary N) is 3. The zero-order valence-electron chi connectivity index (χ0n) is 18.6. The Labute approximate surface area is 178 Å². The topological polar surface area (TPSA) is 65.0 Å². The maximum atomic E-state index is 11.9. The summed E-state index contributed by atoms with van der Waals surface area (Å²) in [7, 11) is 0. The van der Waals surface area contributed by atoms with Crippen molar-refractivity contribution in [3.8, 4) is 0 Å². The molecule has 0 aromatic heterocycles. The molecule has 1 aromatic carbocycles. The number of amides is 1. The van der Waals surface area contributed by atoms with E-state index in [1.54, 1.807) is 0 Å². The number of rotatable bonds is 17. The van der Waals surface area contributed by atoms with Crippen molar-refractivity contribution in [2.75, 3.05) is 5.32 Å². The highest BCUT2D eigenvalue weighted by molar-refractivity contribution is 6.02. The number of anilines is 1. The molecule has 4 nitrogen and oxygen atoms in total. The molecule has 1 aromatic rings. The average molecular weight is 402 g/mol. The van der Waals surface area contributed by atoms with E-state index in [1.165, 1.54) is 83.5 Å². The van der Waals surface area contributed by atoms with Crippen LogP contribution in [0, 0.1) is 5.41 Å². The van der Waals surface area contributed by atoms with Crippen molar-refractivity contribution in [2.45, 2.75) is 110 Å². The lowest BCUT2D eigenvalue weighted by Crippen LogP contribution is -2.34. The second kappa shape index (κ2) is 18.2. The summed E-state index contributed by atoms with van der Waals surface area (Å²) in [6, 6.07) is 9.45. The van der Waals surface area contributed by atoms with E-state index in [4.69, 9.17) is 5.41 Å². The molecule has 0 spiro atoms. The predicted octanol–water partition coefficient (Wildman–Crippen LogP) is 7.41. The number of guanidine groups is 1. The second-order valence-electron chi connectivity index (χ2n) is 8.11. The van der Waals surface area contributed by atoms with Crippen LogP contribution in [0.4, 0.5) is 5.69 Å². The Kier molecular flexibility index (Phi) is 15.8. The normalized spacial score (nSPS) is 10.7. The molecule has 0 saturated heterocycles. The van der Waals surface area contributed by atoms with E-state index in [2.05, 4.69) is 17.6 Å². The quantitative estimate of drug-likeness (QED) is 0.144. The largest absolute Gasteiger partial charge is 0.326 e. The van der Waals surface area contributed by atoms with Crippen LogP contribution >= 0.6 is 0 Å². The van der Waals surface area contributed by atoms with Gasteiger partial charge in [0.2, 0.25) is 5.91 Å². The molecular formula is C25H43N3O. The SMILES string of the molecule is CCCCCCCCCCCCCCCCCC(=O)NC(=N)Nc1ccccc1. The predicted molar refractivity (Wildman–Crippen MR) is 125 cm³/mol. The van der Waals surface area contributed by atoms with Gasteiger partial charge < -0.3 is 5.32 Å². The van der Waals surface area contributed by atoms with E-state index >= 15 is 0 Å². The third-order valence-corrected chi connectivity index (χ3v) is 5.31. The van der Waals surface area contributed by atoms with Crippen molar-refractivity contribution in [2.24, 2.45) is 0 Å². The molecule has 29 heavy (non-hydrogen) atoms. The van der Waals surface area contributed by atoms with Crippen LogP contribution in [0.15, 0.2) is 30.3 Å². The third kappa shape index (κ3) is 15.7. The summed E-state index contributed by atoms with van der Waals surface area (Å²) in [5.41, 5.74) is 0.810. The lowest BCUT2D eigenvalue weighted by Gasteiger charge is -2.09. The number of carbonyl (C=O) groups is 1. The molecule has 164 valence electrons. The highest BCUT2D eigenvalue weighted by Crippen LogP contribution is 2.13. The first-order valence-electron chi connectivity index (χ1n) is 11.9. The smallest absolute Gasteiger partial charge is 0.226 e. The lowest BCUT2D eigenvalue weighted by molar-refractivity contribution is -0.119. The zero-order valence-corrected chi connectivity index (χ0v) is 18.6. The highest BCUT2D eigenvalue weighted by Gasteiger charge is 2.04. The van der Waals surface area contributed by atoms with Gasteiger partial charge in [-0.05, 0) is 18.6 Å². The van der Waals surface area contributed by atoms with E-state index in [1.807, 2.05) is 30.3 Å². The molecule has 0 atom stereocenters. The maximum Gasteiger partial charge on any atom is 0.226 e. The van der Waals surface area contributed by atoms with Crippen LogP contribution in [0.25, 0.3) is 0 Å². The molecule has 0 aliphatic rings. The van der Waals surface area contributed by atoms with Gasteiger partial charge in [-0.1, -0.05) is 115 Å². The van der Waals surface area contributed by atoms with Crippen LogP contribution < -0.4 is 10.6 Å². The molecule has 0 saturated carbocycles. The van der Waals surface area contributed by atoms with E-state index < -0.39 is 0 Å². The number of carbonyl (C=O) groups excluding carboxylic acids is 1. The maximum absolute atomic E-state index is 11.9. The van der Waals surface area contributed by atoms with E-state index in [0.717, 1.165) is 18.5 Å². The highest BCUT2D eigenvalue weighted by atomic mass is 16.1. The van der Waals surface area contributed by atoms with Crippen LogP contribution in [0.2, 0.25) is 0 Å². The molecule has 1 rings (SSSR count). The van der Waals surface area contributed by atoms with Gasteiger partial charge in [0.05, 0.1) is 0 Å². The first-order chi connectivity index (χ1) is 14.2. The van der Waals surface area contributed by atoms with Gasteiger partial charge in [-0.25, -0.2) is 0 Å². The molecule has 0 radical (unpaired) electrons. The van der Waals surface area contributed by atoms with Gasteiger partial charge >= 0.3 is 0 Å². The second-order valence-corrected chi connectivity index (χ2v) is 8.11. The Morgan fingerprint density at radius 3 is 1.66 bits per heavy atom. The summed E-state index contributed by atoms with van der Waals surface area (Å²) in [5, 5.41) is 13.3. The summed E-state index contributed by atoms with van der Waals surface area (Å²) in [5.74, 6) is -0.0321. The van der Waals surface area contributed by atoms with Crippen molar-refractivity contribution < 1.29 is 4.79 Å². The molecule has 1 amide bonds. The molecule has 3 N–H and O–H groups in total. The summed E-state index contributed by atoms with van der Waals surface area (Å²) < 4.78 is 0. The van der Waals surface area contributed by atoms with Crippen molar-refractivity contribution in [3.63, 3.8) is 0 Å². The number of benzene rings is 1. The fourth-order valence-electron chi connectivity index (χ4n) is 3.56. The van der Waals surface area contributed by atoms with Crippen molar-refractivity contribution in [1.82, 2.24) is 5.32 Å². The van der Waals surface area contributed by atoms with Gasteiger partial charge in [0.25, 0.3) is 0 Å². The minimum atomic E-state index is -0.0758. The number of hydrogen-bond donors (Lipinski definition) is 3. The van der Waals surface area contributed by atoms with E-state index in [-0.39, 0.29) is 11.9 Å². The molecule has 0 heterocycles. The van der Waals surface area contributed by atoms with Crippen LogP contribution in [-0.2, 0) is 4.79 Å². The first kappa shape index (κ1) is 25.2. The molecular weight excluding hydrogens is 358 g/mol.